The first kappa shape index (κ1) is 14.5. The van der Waals surface area contributed by atoms with Crippen molar-refractivity contribution in [2.75, 3.05) is 18.8 Å². The first-order valence-corrected chi connectivity index (χ1v) is 8.95. The number of aryl methyl sites for hydroxylation is 1. The van der Waals surface area contributed by atoms with E-state index in [1.165, 1.54) is 11.3 Å². The second kappa shape index (κ2) is 5.25. The Morgan fingerprint density at radius 1 is 1.47 bits per heavy atom. The van der Waals surface area contributed by atoms with E-state index in [9.17, 15) is 13.2 Å². The van der Waals surface area contributed by atoms with Crippen LogP contribution in [0.4, 0.5) is 0 Å². The van der Waals surface area contributed by atoms with Crippen molar-refractivity contribution in [3.05, 3.63) is 21.9 Å². The molecule has 1 fully saturated rings. The van der Waals surface area contributed by atoms with Crippen LogP contribution >= 0.6 is 11.3 Å². The van der Waals surface area contributed by atoms with Gasteiger partial charge in [0.05, 0.1) is 15.9 Å². The molecule has 0 saturated carbocycles. The monoisotopic (exact) mass is 301 g/mol. The Bertz CT molecular complexity index is 568. The van der Waals surface area contributed by atoms with Gasteiger partial charge in [-0.05, 0) is 29.9 Å². The van der Waals surface area contributed by atoms with E-state index in [1.807, 2.05) is 32.2 Å². The van der Waals surface area contributed by atoms with Crippen molar-refractivity contribution in [2.45, 2.75) is 26.0 Å². The van der Waals surface area contributed by atoms with Crippen molar-refractivity contribution in [3.63, 3.8) is 0 Å². The molecule has 106 valence electrons. The van der Waals surface area contributed by atoms with Crippen LogP contribution < -0.4 is 0 Å². The number of nitrogens with zero attached hydrogens (tertiary/aromatic N) is 1. The smallest absolute Gasteiger partial charge is 0.264 e. The van der Waals surface area contributed by atoms with Gasteiger partial charge in [-0.1, -0.05) is 13.8 Å². The molecule has 2 heterocycles. The van der Waals surface area contributed by atoms with E-state index < -0.39 is 9.84 Å². The largest absolute Gasteiger partial charge is 0.335 e. The lowest BCUT2D eigenvalue weighted by Crippen LogP contribution is -2.57. The molecule has 1 aromatic rings. The van der Waals surface area contributed by atoms with Gasteiger partial charge in [0.1, 0.15) is 0 Å². The first-order chi connectivity index (χ1) is 8.79. The molecule has 0 atom stereocenters. The summed E-state index contributed by atoms with van der Waals surface area (Å²) in [5.41, 5.74) is 1.07. The number of carbonyl (C=O) groups excluding carboxylic acids is 1. The molecule has 0 bridgehead atoms. The molecule has 19 heavy (non-hydrogen) atoms. The molecule has 1 saturated heterocycles. The Hall–Kier alpha value is -0.880. The minimum absolute atomic E-state index is 0.0471. The summed E-state index contributed by atoms with van der Waals surface area (Å²) in [6.07, 6.45) is 0. The van der Waals surface area contributed by atoms with Gasteiger partial charge < -0.3 is 4.90 Å². The molecule has 2 rings (SSSR count). The van der Waals surface area contributed by atoms with Gasteiger partial charge in [0.2, 0.25) is 0 Å². The molecule has 1 aliphatic rings. The highest BCUT2D eigenvalue weighted by molar-refractivity contribution is 7.92. The maximum atomic E-state index is 12.1. The predicted octanol–water partition coefficient (Wildman–Crippen LogP) is 1.95. The Kier molecular flexibility index (Phi) is 4.01. The van der Waals surface area contributed by atoms with E-state index in [1.54, 1.807) is 4.90 Å². The number of thiophene rings is 1. The molecule has 0 N–H and O–H groups in total. The second-order valence-corrected chi connectivity index (χ2v) is 8.78. The Balaban J connectivity index is 1.95. The average Bonchev–Trinajstić information content (AvgIpc) is 2.59. The molecule has 0 aromatic carbocycles. The molecule has 0 aliphatic carbocycles. The number of likely N-dealkylation sites (tertiary alicyclic amines) is 1. The van der Waals surface area contributed by atoms with Gasteiger partial charge in [0, 0.05) is 13.1 Å². The summed E-state index contributed by atoms with van der Waals surface area (Å²) >= 11 is 1.41. The van der Waals surface area contributed by atoms with Crippen LogP contribution in [0.1, 0.15) is 29.1 Å². The van der Waals surface area contributed by atoms with Gasteiger partial charge in [0.25, 0.3) is 5.91 Å². The van der Waals surface area contributed by atoms with Crippen LogP contribution in [-0.4, -0.2) is 43.3 Å². The third-order valence-corrected chi connectivity index (χ3v) is 6.63. The zero-order chi connectivity index (χ0) is 14.2. The molecule has 0 unspecified atom stereocenters. The summed E-state index contributed by atoms with van der Waals surface area (Å²) in [5.74, 6) is 0.293. The lowest BCUT2D eigenvalue weighted by Gasteiger charge is -2.38. The fraction of sp³-hybridized carbons (Fsp3) is 0.615. The fourth-order valence-electron chi connectivity index (χ4n) is 2.13. The minimum Gasteiger partial charge on any atom is -0.335 e. The maximum absolute atomic E-state index is 12.1. The summed E-state index contributed by atoms with van der Waals surface area (Å²) in [4.78, 5) is 14.4. The lowest BCUT2D eigenvalue weighted by atomic mass is 10.2. The molecule has 0 spiro atoms. The quantitative estimate of drug-likeness (QED) is 0.854. The standard InChI is InChI=1S/C13H19NO3S2/c1-9(2)8-19(16,17)11-5-14(6-11)13(15)12-4-10(3)7-18-12/h4,7,9,11H,5-6,8H2,1-3H3. The van der Waals surface area contributed by atoms with E-state index in [0.29, 0.717) is 18.0 Å². The van der Waals surface area contributed by atoms with Crippen LogP contribution in [-0.2, 0) is 9.84 Å². The SMILES string of the molecule is Cc1csc(C(=O)N2CC(S(=O)(=O)CC(C)C)C2)c1. The number of amides is 1. The predicted molar refractivity (Wildman–Crippen MR) is 77.4 cm³/mol. The third-order valence-electron chi connectivity index (χ3n) is 3.15. The first-order valence-electron chi connectivity index (χ1n) is 6.35. The van der Waals surface area contributed by atoms with Crippen molar-refractivity contribution in [1.82, 2.24) is 4.90 Å². The minimum atomic E-state index is -3.06. The van der Waals surface area contributed by atoms with Crippen molar-refractivity contribution in [3.8, 4) is 0 Å². The highest BCUT2D eigenvalue weighted by atomic mass is 32.2. The molecule has 0 radical (unpaired) electrons. The van der Waals surface area contributed by atoms with E-state index in [4.69, 9.17) is 0 Å². The molecule has 6 heteroatoms. The second-order valence-electron chi connectivity index (χ2n) is 5.54. The topological polar surface area (TPSA) is 54.5 Å². The van der Waals surface area contributed by atoms with Gasteiger partial charge >= 0.3 is 0 Å². The van der Waals surface area contributed by atoms with E-state index >= 15 is 0 Å². The van der Waals surface area contributed by atoms with Gasteiger partial charge in [-0.15, -0.1) is 11.3 Å². The van der Waals surface area contributed by atoms with Gasteiger partial charge in [-0.25, -0.2) is 8.42 Å². The van der Waals surface area contributed by atoms with Gasteiger partial charge in [0.15, 0.2) is 9.84 Å². The van der Waals surface area contributed by atoms with Crippen molar-refractivity contribution in [2.24, 2.45) is 5.92 Å². The molecule has 4 nitrogen and oxygen atoms in total. The third kappa shape index (κ3) is 3.17. The van der Waals surface area contributed by atoms with Gasteiger partial charge in [-0.2, -0.15) is 0 Å². The summed E-state index contributed by atoms with van der Waals surface area (Å²) in [5, 5.41) is 1.56. The van der Waals surface area contributed by atoms with Crippen molar-refractivity contribution >= 4 is 27.1 Å². The normalized spacial score (nSPS) is 16.7. The van der Waals surface area contributed by atoms with Gasteiger partial charge in [-0.3, -0.25) is 4.79 Å². The Morgan fingerprint density at radius 3 is 2.58 bits per heavy atom. The summed E-state index contributed by atoms with van der Waals surface area (Å²) in [6, 6.07) is 1.85. The van der Waals surface area contributed by atoms with E-state index in [2.05, 4.69) is 0 Å². The average molecular weight is 301 g/mol. The molecule has 1 aromatic heterocycles. The number of hydrogen-bond donors (Lipinski definition) is 0. The lowest BCUT2D eigenvalue weighted by molar-refractivity contribution is 0.0664. The molecular weight excluding hydrogens is 282 g/mol. The van der Waals surface area contributed by atoms with Crippen LogP contribution in [0, 0.1) is 12.8 Å². The fourth-order valence-corrected chi connectivity index (χ4v) is 5.01. The number of rotatable bonds is 4. The Morgan fingerprint density at radius 2 is 2.11 bits per heavy atom. The van der Waals surface area contributed by atoms with Crippen LogP contribution in [0.15, 0.2) is 11.4 Å². The molecule has 1 aliphatic heterocycles. The van der Waals surface area contributed by atoms with Crippen LogP contribution in [0.3, 0.4) is 0 Å². The van der Waals surface area contributed by atoms with E-state index in [-0.39, 0.29) is 22.8 Å². The number of sulfone groups is 1. The number of hydrogen-bond acceptors (Lipinski definition) is 4. The summed E-state index contributed by atoms with van der Waals surface area (Å²) < 4.78 is 24.0. The zero-order valence-corrected chi connectivity index (χ0v) is 13.1. The molecule has 1 amide bonds. The van der Waals surface area contributed by atoms with Crippen LogP contribution in [0.25, 0.3) is 0 Å². The van der Waals surface area contributed by atoms with Crippen molar-refractivity contribution in [1.29, 1.82) is 0 Å². The summed E-state index contributed by atoms with van der Waals surface area (Å²) in [7, 11) is -3.06. The molecular formula is C13H19NO3S2. The van der Waals surface area contributed by atoms with Crippen LogP contribution in [0.2, 0.25) is 0 Å². The Labute approximate surface area is 118 Å². The van der Waals surface area contributed by atoms with Crippen molar-refractivity contribution < 1.29 is 13.2 Å². The highest BCUT2D eigenvalue weighted by Crippen LogP contribution is 2.23. The van der Waals surface area contributed by atoms with Crippen LogP contribution in [0.5, 0.6) is 0 Å². The zero-order valence-electron chi connectivity index (χ0n) is 11.4. The van der Waals surface area contributed by atoms with E-state index in [0.717, 1.165) is 5.56 Å². The maximum Gasteiger partial charge on any atom is 0.264 e. The number of carbonyl (C=O) groups is 1. The highest BCUT2D eigenvalue weighted by Gasteiger charge is 2.40. The summed E-state index contributed by atoms with van der Waals surface area (Å²) in [6.45, 7) is 6.41.